The Labute approximate surface area is 116 Å². The van der Waals surface area contributed by atoms with Crippen molar-refractivity contribution in [3.8, 4) is 0 Å². The molecule has 0 fully saturated rings. The summed E-state index contributed by atoms with van der Waals surface area (Å²) in [5.74, 6) is -1.50. The summed E-state index contributed by atoms with van der Waals surface area (Å²) < 4.78 is 4.94. The van der Waals surface area contributed by atoms with Gasteiger partial charge in [-0.3, -0.25) is 9.59 Å². The van der Waals surface area contributed by atoms with Gasteiger partial charge in [-0.15, -0.1) is 0 Å². The van der Waals surface area contributed by atoms with Gasteiger partial charge in [0.1, 0.15) is 12.6 Å². The Morgan fingerprint density at radius 2 is 1.90 bits per heavy atom. The van der Waals surface area contributed by atoms with Crippen molar-refractivity contribution in [2.24, 2.45) is 0 Å². The zero-order valence-corrected chi connectivity index (χ0v) is 11.2. The number of nitrogens with one attached hydrogen (secondary N) is 1. The van der Waals surface area contributed by atoms with Gasteiger partial charge in [-0.05, 0) is 5.56 Å². The van der Waals surface area contributed by atoms with E-state index in [0.29, 0.717) is 0 Å². The lowest BCUT2D eigenvalue weighted by Crippen LogP contribution is -2.42. The number of ether oxygens (including phenoxy) is 1. The average molecular weight is 279 g/mol. The summed E-state index contributed by atoms with van der Waals surface area (Å²) in [5, 5.41) is 11.0. The van der Waals surface area contributed by atoms with E-state index in [9.17, 15) is 14.4 Å². The van der Waals surface area contributed by atoms with Crippen molar-refractivity contribution in [3.63, 3.8) is 0 Å². The lowest BCUT2D eigenvalue weighted by atomic mass is 10.1. The molecule has 6 heteroatoms. The molecule has 0 radical (unpaired) electrons. The molecule has 0 aliphatic heterocycles. The quantitative estimate of drug-likeness (QED) is 0.793. The number of Topliss-reactive ketones (excluding diaryl/α,β-unsaturated/α-hetero) is 1. The van der Waals surface area contributed by atoms with E-state index in [-0.39, 0.29) is 18.8 Å². The molecule has 20 heavy (non-hydrogen) atoms. The van der Waals surface area contributed by atoms with E-state index in [0.717, 1.165) is 5.56 Å². The molecule has 1 aromatic carbocycles. The first-order valence-electron chi connectivity index (χ1n) is 6.24. The maximum absolute atomic E-state index is 11.6. The highest BCUT2D eigenvalue weighted by atomic mass is 16.5. The van der Waals surface area contributed by atoms with E-state index in [4.69, 9.17) is 9.84 Å². The standard InChI is InChI=1S/C14H17NO5/c1-2-12(16)11(8-13(17)18)15-14(19)20-9-10-6-4-3-5-7-10/h3-7,11H,2,8-9H2,1H3,(H,15,19)(H,17,18). The van der Waals surface area contributed by atoms with Crippen molar-refractivity contribution < 1.29 is 24.2 Å². The van der Waals surface area contributed by atoms with Crippen LogP contribution in [0.4, 0.5) is 4.79 Å². The van der Waals surface area contributed by atoms with Gasteiger partial charge < -0.3 is 15.2 Å². The van der Waals surface area contributed by atoms with Crippen LogP contribution in [0.5, 0.6) is 0 Å². The minimum atomic E-state index is -1.15. The van der Waals surface area contributed by atoms with Crippen LogP contribution in [0, 0.1) is 0 Å². The monoisotopic (exact) mass is 279 g/mol. The third-order valence-electron chi connectivity index (χ3n) is 2.62. The zero-order valence-electron chi connectivity index (χ0n) is 11.2. The Balaban J connectivity index is 2.49. The minimum Gasteiger partial charge on any atom is -0.481 e. The van der Waals surface area contributed by atoms with Gasteiger partial charge in [0.15, 0.2) is 5.78 Å². The van der Waals surface area contributed by atoms with Gasteiger partial charge in [0.05, 0.1) is 6.42 Å². The van der Waals surface area contributed by atoms with E-state index in [1.807, 2.05) is 18.2 Å². The second kappa shape index (κ2) is 7.93. The second-order valence-corrected chi connectivity index (χ2v) is 4.18. The molecular weight excluding hydrogens is 262 g/mol. The summed E-state index contributed by atoms with van der Waals surface area (Å²) in [6, 6.07) is 7.99. The van der Waals surface area contributed by atoms with Crippen molar-refractivity contribution in [1.29, 1.82) is 0 Å². The van der Waals surface area contributed by atoms with Crippen LogP contribution in [-0.2, 0) is 20.9 Å². The van der Waals surface area contributed by atoms with E-state index in [1.165, 1.54) is 0 Å². The highest BCUT2D eigenvalue weighted by Crippen LogP contribution is 2.02. The number of carbonyl (C=O) groups is 3. The Morgan fingerprint density at radius 3 is 2.45 bits per heavy atom. The molecule has 0 spiro atoms. The fraction of sp³-hybridized carbons (Fsp3) is 0.357. The fourth-order valence-electron chi connectivity index (χ4n) is 1.57. The summed E-state index contributed by atoms with van der Waals surface area (Å²) >= 11 is 0. The molecule has 0 saturated heterocycles. The Kier molecular flexibility index (Phi) is 6.22. The molecule has 1 unspecified atom stereocenters. The van der Waals surface area contributed by atoms with Gasteiger partial charge in [-0.1, -0.05) is 37.3 Å². The maximum atomic E-state index is 11.6. The number of amides is 1. The zero-order chi connectivity index (χ0) is 15.0. The molecule has 6 nitrogen and oxygen atoms in total. The lowest BCUT2D eigenvalue weighted by molar-refractivity contribution is -0.139. The molecule has 0 aromatic heterocycles. The second-order valence-electron chi connectivity index (χ2n) is 4.18. The number of carboxylic acids is 1. The van der Waals surface area contributed by atoms with E-state index in [2.05, 4.69) is 5.32 Å². The predicted molar refractivity (Wildman–Crippen MR) is 71.1 cm³/mol. The molecule has 1 rings (SSSR count). The lowest BCUT2D eigenvalue weighted by Gasteiger charge is -2.15. The fourth-order valence-corrected chi connectivity index (χ4v) is 1.57. The van der Waals surface area contributed by atoms with E-state index >= 15 is 0 Å². The summed E-state index contributed by atoms with van der Waals surface area (Å²) in [6.07, 6.45) is -1.11. The maximum Gasteiger partial charge on any atom is 0.408 e. The SMILES string of the molecule is CCC(=O)C(CC(=O)O)NC(=O)OCc1ccccc1. The number of hydrogen-bond acceptors (Lipinski definition) is 4. The number of carboxylic acid groups (broad SMARTS) is 1. The highest BCUT2D eigenvalue weighted by molar-refractivity contribution is 5.90. The van der Waals surface area contributed by atoms with Gasteiger partial charge in [-0.25, -0.2) is 4.79 Å². The van der Waals surface area contributed by atoms with Crippen molar-refractivity contribution >= 4 is 17.8 Å². The first kappa shape index (κ1) is 15.7. The predicted octanol–water partition coefficient (Wildman–Crippen LogP) is 1.74. The largest absolute Gasteiger partial charge is 0.481 e. The minimum absolute atomic E-state index is 0.0623. The molecule has 0 heterocycles. The summed E-state index contributed by atoms with van der Waals surface area (Å²) in [6.45, 7) is 1.67. The molecule has 108 valence electrons. The summed E-state index contributed by atoms with van der Waals surface area (Å²) in [4.78, 5) is 33.7. The van der Waals surface area contributed by atoms with Crippen LogP contribution in [0.1, 0.15) is 25.3 Å². The van der Waals surface area contributed by atoms with Gasteiger partial charge in [0.2, 0.25) is 0 Å². The van der Waals surface area contributed by atoms with Crippen LogP contribution in [0.3, 0.4) is 0 Å². The average Bonchev–Trinajstić information content (AvgIpc) is 2.44. The topological polar surface area (TPSA) is 92.7 Å². The number of rotatable bonds is 7. The van der Waals surface area contributed by atoms with Gasteiger partial charge in [-0.2, -0.15) is 0 Å². The van der Waals surface area contributed by atoms with Crippen molar-refractivity contribution in [1.82, 2.24) is 5.32 Å². The van der Waals surface area contributed by atoms with E-state index < -0.39 is 24.5 Å². The number of aliphatic carboxylic acids is 1. The van der Waals surface area contributed by atoms with E-state index in [1.54, 1.807) is 19.1 Å². The number of benzene rings is 1. The number of hydrogen-bond donors (Lipinski definition) is 2. The number of alkyl carbamates (subject to hydrolysis) is 1. The third kappa shape index (κ3) is 5.51. The molecular formula is C14H17NO5. The number of ketones is 1. The molecule has 0 aliphatic rings. The molecule has 0 bridgehead atoms. The van der Waals surface area contributed by atoms with Crippen LogP contribution in [-0.4, -0.2) is 29.0 Å². The first-order valence-corrected chi connectivity index (χ1v) is 6.24. The molecule has 1 aromatic rings. The van der Waals surface area contributed by atoms with Crippen LogP contribution >= 0.6 is 0 Å². The normalized spacial score (nSPS) is 11.4. The summed E-state index contributed by atoms with van der Waals surface area (Å²) in [7, 11) is 0. The molecule has 0 aliphatic carbocycles. The van der Waals surface area contributed by atoms with Gasteiger partial charge in [0.25, 0.3) is 0 Å². The Morgan fingerprint density at radius 1 is 1.25 bits per heavy atom. The molecule has 0 saturated carbocycles. The Bertz CT molecular complexity index is 472. The molecule has 1 atom stereocenters. The molecule has 1 amide bonds. The van der Waals surface area contributed by atoms with Crippen molar-refractivity contribution in [2.75, 3.05) is 0 Å². The summed E-state index contributed by atoms with van der Waals surface area (Å²) in [5.41, 5.74) is 0.805. The Hall–Kier alpha value is -2.37. The van der Waals surface area contributed by atoms with Crippen LogP contribution < -0.4 is 5.32 Å². The van der Waals surface area contributed by atoms with Crippen molar-refractivity contribution in [3.05, 3.63) is 35.9 Å². The van der Waals surface area contributed by atoms with Gasteiger partial charge in [0, 0.05) is 6.42 Å². The highest BCUT2D eigenvalue weighted by Gasteiger charge is 2.22. The smallest absolute Gasteiger partial charge is 0.408 e. The van der Waals surface area contributed by atoms with Crippen LogP contribution in [0.2, 0.25) is 0 Å². The number of carbonyl (C=O) groups excluding carboxylic acids is 2. The van der Waals surface area contributed by atoms with Crippen LogP contribution in [0.15, 0.2) is 30.3 Å². The van der Waals surface area contributed by atoms with Gasteiger partial charge >= 0.3 is 12.1 Å². The van der Waals surface area contributed by atoms with Crippen LogP contribution in [0.25, 0.3) is 0 Å². The molecule has 2 N–H and O–H groups in total. The first-order chi connectivity index (χ1) is 9.52. The third-order valence-corrected chi connectivity index (χ3v) is 2.62. The van der Waals surface area contributed by atoms with Crippen molar-refractivity contribution in [2.45, 2.75) is 32.4 Å².